The van der Waals surface area contributed by atoms with Crippen LogP contribution in [0.25, 0.3) is 0 Å². The summed E-state index contributed by atoms with van der Waals surface area (Å²) in [6.07, 6.45) is 2.02. The monoisotopic (exact) mass is 355 g/mol. The lowest BCUT2D eigenvalue weighted by Gasteiger charge is -2.08. The Morgan fingerprint density at radius 2 is 2.30 bits per heavy atom. The van der Waals surface area contributed by atoms with Gasteiger partial charge < -0.3 is 9.84 Å². The molecule has 1 aromatic heterocycles. The molecular weight excluding hydrogens is 342 g/mol. The van der Waals surface area contributed by atoms with Gasteiger partial charge in [0.15, 0.2) is 0 Å². The first-order chi connectivity index (χ1) is 9.60. The Kier molecular flexibility index (Phi) is 5.14. The fourth-order valence-corrected chi connectivity index (χ4v) is 2.94. The number of carboxylic acid groups (broad SMARTS) is 1. The fraction of sp³-hybridized carbons (Fsp3) is 0.286. The van der Waals surface area contributed by atoms with E-state index in [-0.39, 0.29) is 12.2 Å². The van der Waals surface area contributed by atoms with Gasteiger partial charge in [-0.05, 0) is 31.0 Å². The van der Waals surface area contributed by atoms with Gasteiger partial charge in [-0.25, -0.2) is 9.78 Å². The Labute approximate surface area is 129 Å². The molecule has 6 heteroatoms. The van der Waals surface area contributed by atoms with Crippen molar-refractivity contribution in [3.8, 4) is 5.75 Å². The van der Waals surface area contributed by atoms with Crippen LogP contribution in [-0.2, 0) is 13.0 Å². The average Bonchev–Trinajstić information content (AvgIpc) is 2.85. The number of nitrogens with zero attached hydrogens (tertiary/aromatic N) is 1. The summed E-state index contributed by atoms with van der Waals surface area (Å²) in [4.78, 5) is 15.6. The molecule has 0 aliphatic carbocycles. The van der Waals surface area contributed by atoms with Crippen molar-refractivity contribution in [1.29, 1.82) is 0 Å². The minimum atomic E-state index is -1.01. The molecule has 0 radical (unpaired) electrons. The van der Waals surface area contributed by atoms with E-state index < -0.39 is 5.97 Å². The number of hydrogen-bond acceptors (Lipinski definition) is 4. The van der Waals surface area contributed by atoms with E-state index in [1.54, 1.807) is 23.5 Å². The molecular formula is C14H14BrNO3S. The van der Waals surface area contributed by atoms with Gasteiger partial charge in [-0.2, -0.15) is 0 Å². The predicted octanol–water partition coefficient (Wildman–Crippen LogP) is 4.14. The highest BCUT2D eigenvalue weighted by Gasteiger charge is 2.12. The Morgan fingerprint density at radius 3 is 3.00 bits per heavy atom. The van der Waals surface area contributed by atoms with E-state index in [0.717, 1.165) is 23.5 Å². The number of carboxylic acids is 1. The van der Waals surface area contributed by atoms with Crippen molar-refractivity contribution < 1.29 is 14.6 Å². The van der Waals surface area contributed by atoms with E-state index in [9.17, 15) is 4.79 Å². The molecule has 2 rings (SSSR count). The van der Waals surface area contributed by atoms with Crippen LogP contribution < -0.4 is 4.74 Å². The van der Waals surface area contributed by atoms with Crippen LogP contribution in [0.3, 0.4) is 0 Å². The van der Waals surface area contributed by atoms with Gasteiger partial charge in [0.1, 0.15) is 17.9 Å². The van der Waals surface area contributed by atoms with Crippen molar-refractivity contribution in [2.75, 3.05) is 0 Å². The van der Waals surface area contributed by atoms with Crippen LogP contribution in [0.15, 0.2) is 28.1 Å². The van der Waals surface area contributed by atoms with Crippen molar-refractivity contribution in [3.05, 3.63) is 44.3 Å². The second kappa shape index (κ2) is 6.85. The number of aromatic nitrogens is 1. The van der Waals surface area contributed by atoms with E-state index in [4.69, 9.17) is 9.84 Å². The first kappa shape index (κ1) is 15.0. The van der Waals surface area contributed by atoms with E-state index in [1.165, 1.54) is 6.07 Å². The molecule has 1 N–H and O–H groups in total. The zero-order chi connectivity index (χ0) is 14.5. The number of thiazole rings is 1. The molecule has 20 heavy (non-hydrogen) atoms. The number of hydrogen-bond donors (Lipinski definition) is 1. The SMILES string of the molecule is CCCc1nc(COc2ccc(Br)cc2C(=O)O)cs1. The van der Waals surface area contributed by atoms with Crippen molar-refractivity contribution in [3.63, 3.8) is 0 Å². The molecule has 4 nitrogen and oxygen atoms in total. The molecule has 0 saturated carbocycles. The number of aromatic carboxylic acids is 1. The number of ether oxygens (including phenoxy) is 1. The Morgan fingerprint density at radius 1 is 1.50 bits per heavy atom. The summed E-state index contributed by atoms with van der Waals surface area (Å²) in [5, 5.41) is 12.2. The topological polar surface area (TPSA) is 59.4 Å². The minimum absolute atomic E-state index is 0.142. The highest BCUT2D eigenvalue weighted by molar-refractivity contribution is 9.10. The Bertz CT molecular complexity index is 612. The number of carbonyl (C=O) groups is 1. The van der Waals surface area contributed by atoms with E-state index >= 15 is 0 Å². The van der Waals surface area contributed by atoms with Crippen LogP contribution in [0.5, 0.6) is 5.75 Å². The zero-order valence-corrected chi connectivity index (χ0v) is 13.3. The number of halogens is 1. The molecule has 0 bridgehead atoms. The summed E-state index contributed by atoms with van der Waals surface area (Å²) < 4.78 is 6.28. The normalized spacial score (nSPS) is 10.5. The molecule has 2 aromatic rings. The van der Waals surface area contributed by atoms with Crippen LogP contribution in [-0.4, -0.2) is 16.1 Å². The molecule has 0 amide bonds. The first-order valence-electron chi connectivity index (χ1n) is 6.19. The highest BCUT2D eigenvalue weighted by Crippen LogP contribution is 2.24. The molecule has 0 saturated heterocycles. The maximum Gasteiger partial charge on any atom is 0.339 e. The van der Waals surface area contributed by atoms with Crippen LogP contribution >= 0.6 is 27.3 Å². The van der Waals surface area contributed by atoms with Crippen molar-refractivity contribution >= 4 is 33.2 Å². The smallest absolute Gasteiger partial charge is 0.339 e. The van der Waals surface area contributed by atoms with Gasteiger partial charge in [0.2, 0.25) is 0 Å². The lowest BCUT2D eigenvalue weighted by Crippen LogP contribution is -2.03. The molecule has 1 heterocycles. The fourth-order valence-electron chi connectivity index (χ4n) is 1.69. The van der Waals surface area contributed by atoms with Gasteiger partial charge in [-0.1, -0.05) is 22.9 Å². The number of rotatable bonds is 6. The third kappa shape index (κ3) is 3.80. The molecule has 0 aliphatic heterocycles. The highest BCUT2D eigenvalue weighted by atomic mass is 79.9. The second-order valence-corrected chi connectivity index (χ2v) is 6.08. The van der Waals surface area contributed by atoms with E-state index in [0.29, 0.717) is 10.2 Å². The van der Waals surface area contributed by atoms with Gasteiger partial charge in [0.05, 0.1) is 10.7 Å². The van der Waals surface area contributed by atoms with Crippen molar-refractivity contribution in [2.45, 2.75) is 26.4 Å². The summed E-state index contributed by atoms with van der Waals surface area (Å²) in [5.41, 5.74) is 0.973. The second-order valence-electron chi connectivity index (χ2n) is 4.22. The maximum atomic E-state index is 11.2. The third-order valence-corrected chi connectivity index (χ3v) is 4.06. The summed E-state index contributed by atoms with van der Waals surface area (Å²) in [6.45, 7) is 2.39. The largest absolute Gasteiger partial charge is 0.486 e. The predicted molar refractivity (Wildman–Crippen MR) is 81.5 cm³/mol. The van der Waals surface area contributed by atoms with Crippen LogP contribution in [0.2, 0.25) is 0 Å². The van der Waals surface area contributed by atoms with E-state index in [1.807, 2.05) is 5.38 Å². The minimum Gasteiger partial charge on any atom is -0.486 e. The van der Waals surface area contributed by atoms with Crippen molar-refractivity contribution in [1.82, 2.24) is 4.98 Å². The summed E-state index contributed by atoms with van der Waals surface area (Å²) >= 11 is 4.86. The summed E-state index contributed by atoms with van der Waals surface area (Å²) in [7, 11) is 0. The Hall–Kier alpha value is -1.40. The molecule has 0 unspecified atom stereocenters. The summed E-state index contributed by atoms with van der Waals surface area (Å²) in [5.74, 6) is -0.656. The molecule has 0 fully saturated rings. The van der Waals surface area contributed by atoms with Gasteiger partial charge in [-0.15, -0.1) is 11.3 Å². The average molecular weight is 356 g/mol. The van der Waals surface area contributed by atoms with Gasteiger partial charge in [-0.3, -0.25) is 0 Å². The molecule has 106 valence electrons. The lowest BCUT2D eigenvalue weighted by atomic mass is 10.2. The number of benzene rings is 1. The lowest BCUT2D eigenvalue weighted by molar-refractivity contribution is 0.0691. The van der Waals surface area contributed by atoms with E-state index in [2.05, 4.69) is 27.8 Å². The van der Waals surface area contributed by atoms with Crippen LogP contribution in [0.1, 0.15) is 34.4 Å². The first-order valence-corrected chi connectivity index (χ1v) is 7.86. The van der Waals surface area contributed by atoms with Gasteiger partial charge >= 0.3 is 5.97 Å². The Balaban J connectivity index is 2.08. The molecule has 0 atom stereocenters. The zero-order valence-electron chi connectivity index (χ0n) is 10.9. The van der Waals surface area contributed by atoms with Gasteiger partial charge in [0.25, 0.3) is 0 Å². The standard InChI is InChI=1S/C14H14BrNO3S/c1-2-3-13-16-10(8-20-13)7-19-12-5-4-9(15)6-11(12)14(17)18/h4-6,8H,2-3,7H2,1H3,(H,17,18). The van der Waals surface area contributed by atoms with Crippen molar-refractivity contribution in [2.24, 2.45) is 0 Å². The maximum absolute atomic E-state index is 11.2. The van der Waals surface area contributed by atoms with Crippen LogP contribution in [0, 0.1) is 0 Å². The molecule has 0 spiro atoms. The third-order valence-electron chi connectivity index (χ3n) is 2.61. The quantitative estimate of drug-likeness (QED) is 0.845. The van der Waals surface area contributed by atoms with Crippen LogP contribution in [0.4, 0.5) is 0 Å². The van der Waals surface area contributed by atoms with Gasteiger partial charge in [0, 0.05) is 9.85 Å². The molecule has 0 aliphatic rings. The molecule has 1 aromatic carbocycles. The summed E-state index contributed by atoms with van der Waals surface area (Å²) in [6, 6.07) is 4.93. The number of aryl methyl sites for hydroxylation is 1.